The van der Waals surface area contributed by atoms with E-state index in [0.29, 0.717) is 5.15 Å². The van der Waals surface area contributed by atoms with Gasteiger partial charge in [-0.2, -0.15) is 0 Å². The van der Waals surface area contributed by atoms with Crippen molar-refractivity contribution >= 4 is 11.6 Å². The number of nitrogens with zero attached hydrogens (tertiary/aromatic N) is 2. The summed E-state index contributed by atoms with van der Waals surface area (Å²) in [5.41, 5.74) is 5.81. The molecule has 2 aromatic rings. The molecular formula is C16H19ClN2. The van der Waals surface area contributed by atoms with E-state index < -0.39 is 0 Å². The van der Waals surface area contributed by atoms with Crippen LogP contribution in [0.5, 0.6) is 0 Å². The number of benzene rings is 1. The molecule has 19 heavy (non-hydrogen) atoms. The lowest BCUT2D eigenvalue weighted by atomic mass is 10.0. The average Bonchev–Trinajstić information content (AvgIpc) is 2.33. The Morgan fingerprint density at radius 3 is 2.32 bits per heavy atom. The minimum atomic E-state index is 0.520. The number of aryl methyl sites for hydroxylation is 4. The van der Waals surface area contributed by atoms with Crippen molar-refractivity contribution < 1.29 is 0 Å². The lowest BCUT2D eigenvalue weighted by molar-refractivity contribution is 0.875. The normalized spacial score (nSPS) is 10.8. The summed E-state index contributed by atoms with van der Waals surface area (Å²) in [4.78, 5) is 9.00. The fourth-order valence-electron chi connectivity index (χ4n) is 2.17. The molecule has 0 aliphatic heterocycles. The van der Waals surface area contributed by atoms with Crippen molar-refractivity contribution in [3.8, 4) is 11.4 Å². The van der Waals surface area contributed by atoms with E-state index in [9.17, 15) is 0 Å². The summed E-state index contributed by atoms with van der Waals surface area (Å²) in [5, 5.41) is 0.520. The quantitative estimate of drug-likeness (QED) is 0.760. The van der Waals surface area contributed by atoms with Crippen LogP contribution in [0.15, 0.2) is 18.2 Å². The molecular weight excluding hydrogens is 256 g/mol. The third-order valence-corrected chi connectivity index (χ3v) is 3.53. The first-order chi connectivity index (χ1) is 9.01. The highest BCUT2D eigenvalue weighted by Crippen LogP contribution is 2.25. The highest BCUT2D eigenvalue weighted by atomic mass is 35.5. The van der Waals surface area contributed by atoms with Crippen molar-refractivity contribution in [1.82, 2.24) is 9.97 Å². The molecule has 0 radical (unpaired) electrons. The van der Waals surface area contributed by atoms with E-state index in [1.54, 1.807) is 0 Å². The number of rotatable bonds is 3. The number of aromatic nitrogens is 2. The maximum Gasteiger partial charge on any atom is 0.161 e. The minimum absolute atomic E-state index is 0.520. The van der Waals surface area contributed by atoms with Gasteiger partial charge in [-0.15, -0.1) is 0 Å². The van der Waals surface area contributed by atoms with Crippen molar-refractivity contribution in [2.45, 2.75) is 40.5 Å². The predicted octanol–water partition coefficient (Wildman–Crippen LogP) is 4.67. The molecule has 100 valence electrons. The summed E-state index contributed by atoms with van der Waals surface area (Å²) in [6, 6.07) is 6.17. The second kappa shape index (κ2) is 5.70. The molecule has 0 atom stereocenters. The van der Waals surface area contributed by atoms with E-state index in [2.05, 4.69) is 49.8 Å². The van der Waals surface area contributed by atoms with Crippen molar-refractivity contribution in [3.63, 3.8) is 0 Å². The number of hydrogen-bond acceptors (Lipinski definition) is 2. The van der Waals surface area contributed by atoms with Crippen molar-refractivity contribution in [1.29, 1.82) is 0 Å². The smallest absolute Gasteiger partial charge is 0.161 e. The lowest BCUT2D eigenvalue weighted by Gasteiger charge is -2.10. The van der Waals surface area contributed by atoms with Gasteiger partial charge in [-0.25, -0.2) is 9.97 Å². The van der Waals surface area contributed by atoms with Crippen molar-refractivity contribution in [3.05, 3.63) is 45.7 Å². The van der Waals surface area contributed by atoms with Gasteiger partial charge in [0.25, 0.3) is 0 Å². The van der Waals surface area contributed by atoms with Crippen LogP contribution in [0.25, 0.3) is 11.4 Å². The van der Waals surface area contributed by atoms with Crippen LogP contribution in [0, 0.1) is 20.8 Å². The highest BCUT2D eigenvalue weighted by Gasteiger charge is 2.10. The van der Waals surface area contributed by atoms with Crippen LogP contribution in [-0.2, 0) is 6.42 Å². The molecule has 0 unspecified atom stereocenters. The van der Waals surface area contributed by atoms with E-state index in [4.69, 9.17) is 11.6 Å². The molecule has 1 heterocycles. The Balaban J connectivity index is 2.55. The van der Waals surface area contributed by atoms with Gasteiger partial charge in [0.05, 0.1) is 0 Å². The Hall–Kier alpha value is -1.41. The number of hydrogen-bond donors (Lipinski definition) is 0. The maximum absolute atomic E-state index is 6.11. The van der Waals surface area contributed by atoms with E-state index >= 15 is 0 Å². The molecule has 0 N–H and O–H groups in total. The van der Waals surface area contributed by atoms with Gasteiger partial charge >= 0.3 is 0 Å². The van der Waals surface area contributed by atoms with Crippen LogP contribution < -0.4 is 0 Å². The van der Waals surface area contributed by atoms with Crippen molar-refractivity contribution in [2.24, 2.45) is 0 Å². The van der Waals surface area contributed by atoms with Gasteiger partial charge in [-0.1, -0.05) is 31.0 Å². The van der Waals surface area contributed by atoms with Crippen LogP contribution in [0.4, 0.5) is 0 Å². The fraction of sp³-hybridized carbons (Fsp3) is 0.375. The van der Waals surface area contributed by atoms with Gasteiger partial charge in [0.1, 0.15) is 5.15 Å². The van der Waals surface area contributed by atoms with E-state index in [1.165, 1.54) is 16.7 Å². The molecule has 3 heteroatoms. The molecule has 0 aliphatic carbocycles. The molecule has 0 fully saturated rings. The third-order valence-electron chi connectivity index (χ3n) is 3.34. The first-order valence-electron chi connectivity index (χ1n) is 6.63. The summed E-state index contributed by atoms with van der Waals surface area (Å²) in [7, 11) is 0. The van der Waals surface area contributed by atoms with E-state index in [-0.39, 0.29) is 0 Å². The van der Waals surface area contributed by atoms with Crippen LogP contribution >= 0.6 is 11.6 Å². The van der Waals surface area contributed by atoms with Crippen LogP contribution in [-0.4, -0.2) is 9.97 Å². The number of halogens is 1. The fourth-order valence-corrected chi connectivity index (χ4v) is 2.38. The van der Waals surface area contributed by atoms with E-state index in [0.717, 1.165) is 29.9 Å². The molecule has 0 aliphatic rings. The molecule has 0 spiro atoms. The Bertz CT molecular complexity index is 606. The molecule has 0 bridgehead atoms. The van der Waals surface area contributed by atoms with Crippen LogP contribution in [0.3, 0.4) is 0 Å². The zero-order chi connectivity index (χ0) is 14.0. The van der Waals surface area contributed by atoms with Gasteiger partial charge in [-0.05, 0) is 56.0 Å². The molecule has 2 rings (SSSR count). The second-order valence-corrected chi connectivity index (χ2v) is 5.39. The largest absolute Gasteiger partial charge is 0.233 e. The van der Waals surface area contributed by atoms with Gasteiger partial charge in [0, 0.05) is 11.3 Å². The summed E-state index contributed by atoms with van der Waals surface area (Å²) >= 11 is 6.11. The Morgan fingerprint density at radius 1 is 0.947 bits per heavy atom. The molecule has 1 aromatic carbocycles. The summed E-state index contributed by atoms with van der Waals surface area (Å²) in [6.07, 6.45) is 1.98. The van der Waals surface area contributed by atoms with Gasteiger partial charge in [0.2, 0.25) is 0 Å². The van der Waals surface area contributed by atoms with Gasteiger partial charge < -0.3 is 0 Å². The van der Waals surface area contributed by atoms with E-state index in [1.807, 2.05) is 6.07 Å². The van der Waals surface area contributed by atoms with Crippen molar-refractivity contribution in [2.75, 3.05) is 0 Å². The first-order valence-corrected chi connectivity index (χ1v) is 7.00. The zero-order valence-corrected chi connectivity index (χ0v) is 12.7. The van der Waals surface area contributed by atoms with Gasteiger partial charge in [-0.3, -0.25) is 0 Å². The van der Waals surface area contributed by atoms with Crippen LogP contribution in [0.2, 0.25) is 5.15 Å². The third kappa shape index (κ3) is 3.13. The topological polar surface area (TPSA) is 25.8 Å². The molecule has 2 nitrogen and oxygen atoms in total. The predicted molar refractivity (Wildman–Crippen MR) is 80.7 cm³/mol. The Morgan fingerprint density at radius 2 is 1.63 bits per heavy atom. The second-order valence-electron chi connectivity index (χ2n) is 5.01. The minimum Gasteiger partial charge on any atom is -0.233 e. The molecule has 0 saturated heterocycles. The molecule has 0 saturated carbocycles. The zero-order valence-electron chi connectivity index (χ0n) is 11.9. The summed E-state index contributed by atoms with van der Waals surface area (Å²) < 4.78 is 0. The summed E-state index contributed by atoms with van der Waals surface area (Å²) in [5.74, 6) is 0.733. The van der Waals surface area contributed by atoms with Crippen LogP contribution in [0.1, 0.15) is 35.7 Å². The Labute approximate surface area is 119 Å². The SMILES string of the molecule is CCCc1cc(Cl)nc(-c2cc(C)c(C)cc2C)n1. The van der Waals surface area contributed by atoms with Gasteiger partial charge in [0.15, 0.2) is 5.82 Å². The average molecular weight is 275 g/mol. The summed E-state index contributed by atoms with van der Waals surface area (Å²) in [6.45, 7) is 8.45. The maximum atomic E-state index is 6.11. The molecule has 1 aromatic heterocycles. The molecule has 0 amide bonds. The lowest BCUT2D eigenvalue weighted by Crippen LogP contribution is -1.98. The standard InChI is InChI=1S/C16H19ClN2/c1-5-6-13-9-15(17)19-16(18-13)14-8-11(3)10(2)7-12(14)4/h7-9H,5-6H2,1-4H3. The highest BCUT2D eigenvalue weighted by molar-refractivity contribution is 6.29. The first kappa shape index (κ1) is 14.0. The monoisotopic (exact) mass is 274 g/mol. The Kier molecular flexibility index (Phi) is 4.20.